The maximum absolute atomic E-state index is 13.3. The van der Waals surface area contributed by atoms with E-state index >= 15 is 0 Å². The molecule has 1 aromatic carbocycles. The molecule has 0 fully saturated rings. The van der Waals surface area contributed by atoms with E-state index in [-0.39, 0.29) is 18.5 Å². The molecule has 10 heteroatoms. The fourth-order valence-electron chi connectivity index (χ4n) is 3.30. The van der Waals surface area contributed by atoms with Crippen molar-refractivity contribution in [2.45, 2.75) is 38.5 Å². The first-order chi connectivity index (χ1) is 12.1. The van der Waals surface area contributed by atoms with Gasteiger partial charge in [0.05, 0.1) is 23.3 Å². The van der Waals surface area contributed by atoms with E-state index in [0.29, 0.717) is 17.5 Å². The highest BCUT2D eigenvalue weighted by Gasteiger charge is 2.37. The van der Waals surface area contributed by atoms with Gasteiger partial charge in [0.25, 0.3) is 0 Å². The molecule has 3 rings (SSSR count). The molecule has 0 saturated carbocycles. The van der Waals surface area contributed by atoms with Crippen molar-refractivity contribution in [2.24, 2.45) is 0 Å². The smallest absolute Gasteiger partial charge is 0.416 e. The van der Waals surface area contributed by atoms with E-state index in [1.807, 2.05) is 0 Å². The Morgan fingerprint density at radius 3 is 2.69 bits per heavy atom. The van der Waals surface area contributed by atoms with Crippen LogP contribution in [0.5, 0.6) is 0 Å². The minimum atomic E-state index is -4.71. The molecule has 140 valence electrons. The number of hydrogen-bond donors (Lipinski definition) is 1. The van der Waals surface area contributed by atoms with Crippen molar-refractivity contribution >= 4 is 6.09 Å². The van der Waals surface area contributed by atoms with Crippen molar-refractivity contribution in [1.82, 2.24) is 19.9 Å². The summed E-state index contributed by atoms with van der Waals surface area (Å²) in [6.07, 6.45) is -5.52. The number of aromatic nitrogens is 3. The van der Waals surface area contributed by atoms with Crippen molar-refractivity contribution in [3.8, 4) is 0 Å². The summed E-state index contributed by atoms with van der Waals surface area (Å²) in [5.74, 6) is -0.973. The fourth-order valence-corrected chi connectivity index (χ4v) is 3.30. The number of hydrogen-bond acceptors (Lipinski definition) is 3. The Morgan fingerprint density at radius 2 is 2.08 bits per heavy atom. The van der Waals surface area contributed by atoms with Crippen LogP contribution in [-0.2, 0) is 12.6 Å². The van der Waals surface area contributed by atoms with Crippen LogP contribution in [0.25, 0.3) is 0 Å². The predicted molar refractivity (Wildman–Crippen MR) is 82.1 cm³/mol. The van der Waals surface area contributed by atoms with Crippen LogP contribution in [0.1, 0.15) is 48.4 Å². The van der Waals surface area contributed by atoms with E-state index in [0.717, 1.165) is 12.1 Å². The highest BCUT2D eigenvalue weighted by molar-refractivity contribution is 5.66. The first-order valence-electron chi connectivity index (χ1n) is 7.91. The van der Waals surface area contributed by atoms with Gasteiger partial charge in [0, 0.05) is 13.0 Å². The molecule has 0 spiro atoms. The quantitative estimate of drug-likeness (QED) is 0.817. The number of carbonyl (C=O) groups is 1. The van der Waals surface area contributed by atoms with Crippen LogP contribution in [0.3, 0.4) is 0 Å². The van der Waals surface area contributed by atoms with E-state index in [1.165, 1.54) is 16.5 Å². The normalized spacial score (nSPS) is 18.5. The number of nitrogens with zero attached hydrogens (tertiary/aromatic N) is 4. The molecule has 26 heavy (non-hydrogen) atoms. The Balaban J connectivity index is 2.03. The molecule has 2 aromatic rings. The number of benzene rings is 1. The van der Waals surface area contributed by atoms with Gasteiger partial charge in [0.2, 0.25) is 0 Å². The summed E-state index contributed by atoms with van der Waals surface area (Å²) in [7, 11) is 0. The molecule has 1 aliphatic heterocycles. The van der Waals surface area contributed by atoms with Crippen molar-refractivity contribution in [2.75, 3.05) is 6.54 Å². The second kappa shape index (κ2) is 6.26. The lowest BCUT2D eigenvalue weighted by Crippen LogP contribution is -2.38. The summed E-state index contributed by atoms with van der Waals surface area (Å²) in [5, 5.41) is 17.1. The van der Waals surface area contributed by atoms with E-state index in [4.69, 9.17) is 0 Å². The third-order valence-corrected chi connectivity index (χ3v) is 4.66. The molecular formula is C16H16F4N4O2. The van der Waals surface area contributed by atoms with Crippen LogP contribution in [0, 0.1) is 5.82 Å². The molecule has 0 aliphatic carbocycles. The number of amides is 1. The second-order valence-electron chi connectivity index (χ2n) is 6.17. The Bertz CT molecular complexity index is 849. The third-order valence-electron chi connectivity index (χ3n) is 4.66. The summed E-state index contributed by atoms with van der Waals surface area (Å²) in [5.41, 5.74) is -0.189. The zero-order valence-corrected chi connectivity index (χ0v) is 14.0. The lowest BCUT2D eigenvalue weighted by molar-refractivity contribution is -0.138. The molecule has 2 heterocycles. The lowest BCUT2D eigenvalue weighted by Gasteiger charge is -2.30. The summed E-state index contributed by atoms with van der Waals surface area (Å²) in [6.45, 7) is 3.36. The lowest BCUT2D eigenvalue weighted by atomic mass is 9.99. The molecule has 1 aliphatic rings. The van der Waals surface area contributed by atoms with Crippen molar-refractivity contribution in [1.29, 1.82) is 0 Å². The summed E-state index contributed by atoms with van der Waals surface area (Å²) in [6, 6.07) is 1.13. The largest absolute Gasteiger partial charge is 0.465 e. The molecule has 6 nitrogen and oxygen atoms in total. The molecule has 2 atom stereocenters. The number of halogens is 4. The molecule has 1 amide bonds. The first-order valence-corrected chi connectivity index (χ1v) is 7.91. The summed E-state index contributed by atoms with van der Waals surface area (Å²) in [4.78, 5) is 12.4. The van der Waals surface area contributed by atoms with Gasteiger partial charge >= 0.3 is 12.3 Å². The molecule has 1 unspecified atom stereocenters. The highest BCUT2D eigenvalue weighted by atomic mass is 19.4. The molecule has 1 N–H and O–H groups in total. The van der Waals surface area contributed by atoms with Crippen LogP contribution < -0.4 is 0 Å². The monoisotopic (exact) mass is 372 g/mol. The van der Waals surface area contributed by atoms with Crippen LogP contribution >= 0.6 is 0 Å². The van der Waals surface area contributed by atoms with E-state index in [1.54, 1.807) is 6.92 Å². The van der Waals surface area contributed by atoms with Crippen LogP contribution in [0.15, 0.2) is 18.2 Å². The number of alkyl halides is 3. The van der Waals surface area contributed by atoms with Crippen molar-refractivity contribution < 1.29 is 27.5 Å². The Kier molecular flexibility index (Phi) is 4.37. The second-order valence-corrected chi connectivity index (χ2v) is 6.17. The van der Waals surface area contributed by atoms with Crippen molar-refractivity contribution in [3.05, 3.63) is 46.5 Å². The molecule has 0 bridgehead atoms. The van der Waals surface area contributed by atoms with Gasteiger partial charge in [-0.2, -0.15) is 13.2 Å². The van der Waals surface area contributed by atoms with Gasteiger partial charge in [-0.15, -0.1) is 5.10 Å². The first kappa shape index (κ1) is 18.2. The van der Waals surface area contributed by atoms with Gasteiger partial charge in [-0.05, 0) is 31.5 Å². The molecular weight excluding hydrogens is 356 g/mol. The zero-order valence-electron chi connectivity index (χ0n) is 14.0. The van der Waals surface area contributed by atoms with Gasteiger partial charge in [-0.1, -0.05) is 11.3 Å². The average molecular weight is 372 g/mol. The fraction of sp³-hybridized carbons (Fsp3) is 0.438. The Morgan fingerprint density at radius 1 is 1.38 bits per heavy atom. The summed E-state index contributed by atoms with van der Waals surface area (Å²) >= 11 is 0. The number of rotatable bonds is 2. The maximum atomic E-state index is 13.3. The van der Waals surface area contributed by atoms with Gasteiger partial charge in [-0.25, -0.2) is 13.9 Å². The number of carboxylic acid groups (broad SMARTS) is 1. The maximum Gasteiger partial charge on any atom is 0.416 e. The van der Waals surface area contributed by atoms with Crippen LogP contribution in [-0.4, -0.2) is 37.6 Å². The van der Waals surface area contributed by atoms with E-state index in [2.05, 4.69) is 10.3 Å². The average Bonchev–Trinajstić information content (AvgIpc) is 2.98. The Hall–Kier alpha value is -2.65. The van der Waals surface area contributed by atoms with Crippen LogP contribution in [0.2, 0.25) is 0 Å². The topological polar surface area (TPSA) is 71.2 Å². The number of fused-ring (bicyclic) bond motifs is 1. The zero-order chi connectivity index (χ0) is 19.2. The Labute approximate surface area is 146 Å². The van der Waals surface area contributed by atoms with Crippen molar-refractivity contribution in [3.63, 3.8) is 0 Å². The third kappa shape index (κ3) is 2.99. The van der Waals surface area contributed by atoms with Crippen LogP contribution in [0.4, 0.5) is 22.4 Å². The minimum Gasteiger partial charge on any atom is -0.465 e. The minimum absolute atomic E-state index is 0.125. The van der Waals surface area contributed by atoms with E-state index < -0.39 is 35.7 Å². The van der Waals surface area contributed by atoms with Gasteiger partial charge in [-0.3, -0.25) is 4.90 Å². The standard InChI is InChI=1S/C16H16F4N4O2/c1-8(11-4-3-10(17)7-12(11)16(18,19)20)24-13-5-6-23(15(25)26)9(2)14(13)21-22-24/h3-4,7-9H,5-6H2,1-2H3,(H,25,26)/t8?,9-/m0/s1. The predicted octanol–water partition coefficient (Wildman–Crippen LogP) is 3.64. The SMILES string of the molecule is CC(c1ccc(F)cc1C(F)(F)F)n1nnc2c1CCN(C(=O)O)[C@H]2C. The molecule has 0 saturated heterocycles. The summed E-state index contributed by atoms with van der Waals surface area (Å²) < 4.78 is 54.5. The highest BCUT2D eigenvalue weighted by Crippen LogP contribution is 2.37. The molecule has 0 radical (unpaired) electrons. The van der Waals surface area contributed by atoms with Gasteiger partial charge in [0.15, 0.2) is 0 Å². The van der Waals surface area contributed by atoms with Gasteiger partial charge < -0.3 is 5.11 Å². The molecule has 1 aromatic heterocycles. The van der Waals surface area contributed by atoms with E-state index in [9.17, 15) is 27.5 Å². The van der Waals surface area contributed by atoms with Gasteiger partial charge in [0.1, 0.15) is 11.5 Å².